The van der Waals surface area contributed by atoms with E-state index in [1.54, 1.807) is 30.3 Å². The van der Waals surface area contributed by atoms with E-state index in [9.17, 15) is 4.79 Å². The van der Waals surface area contributed by atoms with Gasteiger partial charge in [0.25, 0.3) is 5.91 Å². The van der Waals surface area contributed by atoms with Crippen LogP contribution in [0.1, 0.15) is 10.4 Å². The number of nitrogens with one attached hydrogen (secondary N) is 2. The van der Waals surface area contributed by atoms with Crippen molar-refractivity contribution < 1.29 is 14.3 Å². The normalized spacial score (nSPS) is 14.0. The fourth-order valence-electron chi connectivity index (χ4n) is 2.65. The summed E-state index contributed by atoms with van der Waals surface area (Å²) in [6.07, 6.45) is 1.63. The van der Waals surface area contributed by atoms with Gasteiger partial charge in [-0.15, -0.1) is 0 Å². The van der Waals surface area contributed by atoms with E-state index < -0.39 is 0 Å². The molecule has 10 heteroatoms. The zero-order valence-corrected chi connectivity index (χ0v) is 17.2. The number of benzene rings is 1. The van der Waals surface area contributed by atoms with Crippen molar-refractivity contribution in [3.05, 3.63) is 33.4 Å². The summed E-state index contributed by atoms with van der Waals surface area (Å²) in [6, 6.07) is 3.26. The first-order chi connectivity index (χ1) is 13.0. The number of nitrogens with zero attached hydrogens (tertiary/aromatic N) is 3. The van der Waals surface area contributed by atoms with Crippen LogP contribution >= 0.6 is 27.5 Å². The lowest BCUT2D eigenvalue weighted by Gasteiger charge is -2.27. The van der Waals surface area contributed by atoms with Crippen molar-refractivity contribution in [2.75, 3.05) is 51.1 Å². The zero-order valence-electron chi connectivity index (χ0n) is 14.9. The Hall–Kier alpha value is -2.10. The Morgan fingerprint density at radius 3 is 2.78 bits per heavy atom. The van der Waals surface area contributed by atoms with Crippen molar-refractivity contribution >= 4 is 50.9 Å². The number of carbonyl (C=O) groups is 1. The molecule has 3 rings (SSSR count). The lowest BCUT2D eigenvalue weighted by molar-refractivity contribution is 0.0301. The van der Waals surface area contributed by atoms with Crippen LogP contribution in [0.25, 0.3) is 0 Å². The van der Waals surface area contributed by atoms with Gasteiger partial charge in [0.15, 0.2) is 0 Å². The maximum atomic E-state index is 12.8. The Bertz CT molecular complexity index is 846. The minimum atomic E-state index is -0.138. The van der Waals surface area contributed by atoms with Gasteiger partial charge in [-0.1, -0.05) is 11.6 Å². The van der Waals surface area contributed by atoms with Gasteiger partial charge in [-0.3, -0.25) is 4.79 Å². The van der Waals surface area contributed by atoms with Crippen molar-refractivity contribution in [3.8, 4) is 5.75 Å². The highest BCUT2D eigenvalue weighted by Crippen LogP contribution is 2.33. The molecule has 2 N–H and O–H groups in total. The average Bonchev–Trinajstić information content (AvgIpc) is 2.70. The van der Waals surface area contributed by atoms with Gasteiger partial charge in [-0.25, -0.2) is 4.98 Å². The number of hydrogen-bond donors (Lipinski definition) is 2. The quantitative estimate of drug-likeness (QED) is 0.714. The SMILES string of the molecule is CNc1nc(Nc2cc(OC)c(C(=O)N3CCOCC3)cc2Cl)ncc1Br. The Morgan fingerprint density at radius 2 is 2.11 bits per heavy atom. The van der Waals surface area contributed by atoms with Gasteiger partial charge in [-0.2, -0.15) is 4.98 Å². The Balaban J connectivity index is 1.88. The molecule has 0 radical (unpaired) electrons. The van der Waals surface area contributed by atoms with E-state index in [4.69, 9.17) is 21.1 Å². The number of anilines is 3. The highest BCUT2D eigenvalue weighted by atomic mass is 79.9. The summed E-state index contributed by atoms with van der Waals surface area (Å²) in [6.45, 7) is 2.13. The van der Waals surface area contributed by atoms with E-state index in [0.29, 0.717) is 60.1 Å². The molecule has 1 saturated heterocycles. The number of amides is 1. The third kappa shape index (κ3) is 4.42. The summed E-state index contributed by atoms with van der Waals surface area (Å²) in [5, 5.41) is 6.38. The first-order valence-corrected chi connectivity index (χ1v) is 9.42. The molecule has 144 valence electrons. The van der Waals surface area contributed by atoms with Gasteiger partial charge in [0.05, 0.1) is 41.1 Å². The summed E-state index contributed by atoms with van der Waals surface area (Å²) in [7, 11) is 3.28. The Kier molecular flexibility index (Phi) is 6.35. The van der Waals surface area contributed by atoms with Gasteiger partial charge >= 0.3 is 0 Å². The molecule has 1 aromatic heterocycles. The zero-order chi connectivity index (χ0) is 19.4. The van der Waals surface area contributed by atoms with E-state index in [1.165, 1.54) is 7.11 Å². The summed E-state index contributed by atoms with van der Waals surface area (Å²) in [5.74, 6) is 1.28. The number of methoxy groups -OCH3 is 1. The minimum absolute atomic E-state index is 0.138. The minimum Gasteiger partial charge on any atom is -0.496 e. The van der Waals surface area contributed by atoms with Crippen molar-refractivity contribution in [1.29, 1.82) is 0 Å². The number of halogens is 2. The standard InChI is InChI=1S/C17H19BrClN5O3/c1-20-15-11(18)9-21-17(23-15)22-13-8-14(26-2)10(7-12(13)19)16(25)24-3-5-27-6-4-24/h7-9H,3-6H2,1-2H3,(H2,20,21,22,23). The molecule has 0 unspecified atom stereocenters. The smallest absolute Gasteiger partial charge is 0.257 e. The van der Waals surface area contributed by atoms with Gasteiger partial charge in [0.2, 0.25) is 5.95 Å². The van der Waals surface area contributed by atoms with E-state index >= 15 is 0 Å². The number of aromatic nitrogens is 2. The lowest BCUT2D eigenvalue weighted by Crippen LogP contribution is -2.40. The number of morpholine rings is 1. The number of ether oxygens (including phenoxy) is 2. The molecule has 0 atom stereocenters. The topological polar surface area (TPSA) is 88.6 Å². The first kappa shape index (κ1) is 19.7. The Morgan fingerprint density at radius 1 is 1.37 bits per heavy atom. The Labute approximate surface area is 170 Å². The number of carbonyl (C=O) groups excluding carboxylic acids is 1. The van der Waals surface area contributed by atoms with Gasteiger partial charge < -0.3 is 25.0 Å². The second kappa shape index (κ2) is 8.73. The highest BCUT2D eigenvalue weighted by Gasteiger charge is 2.23. The maximum absolute atomic E-state index is 12.8. The van der Waals surface area contributed by atoms with E-state index in [1.807, 2.05) is 0 Å². The second-order valence-electron chi connectivity index (χ2n) is 5.70. The molecular formula is C17H19BrClN5O3. The van der Waals surface area contributed by atoms with Crippen LogP contribution in [0.2, 0.25) is 5.02 Å². The van der Waals surface area contributed by atoms with Crippen LogP contribution in [-0.4, -0.2) is 61.2 Å². The average molecular weight is 457 g/mol. The lowest BCUT2D eigenvalue weighted by atomic mass is 10.1. The molecule has 0 spiro atoms. The third-order valence-corrected chi connectivity index (χ3v) is 4.94. The first-order valence-electron chi connectivity index (χ1n) is 8.25. The van der Waals surface area contributed by atoms with E-state index in [2.05, 4.69) is 36.5 Å². The van der Waals surface area contributed by atoms with Crippen LogP contribution in [0.5, 0.6) is 5.75 Å². The third-order valence-electron chi connectivity index (χ3n) is 4.05. The predicted octanol–water partition coefficient (Wildman–Crippen LogP) is 3.16. The molecule has 8 nitrogen and oxygen atoms in total. The summed E-state index contributed by atoms with van der Waals surface area (Å²) in [5.41, 5.74) is 0.944. The fourth-order valence-corrected chi connectivity index (χ4v) is 3.25. The molecule has 1 fully saturated rings. The van der Waals surface area contributed by atoms with Crippen molar-refractivity contribution in [3.63, 3.8) is 0 Å². The molecule has 2 heterocycles. The molecule has 27 heavy (non-hydrogen) atoms. The monoisotopic (exact) mass is 455 g/mol. The molecule has 2 aromatic rings. The fraction of sp³-hybridized carbons (Fsp3) is 0.353. The summed E-state index contributed by atoms with van der Waals surface area (Å²) >= 11 is 9.77. The molecule has 1 aliphatic heterocycles. The van der Waals surface area contributed by atoms with Crippen molar-refractivity contribution in [2.45, 2.75) is 0 Å². The van der Waals surface area contributed by atoms with Gasteiger partial charge in [0.1, 0.15) is 11.6 Å². The largest absolute Gasteiger partial charge is 0.496 e. The second-order valence-corrected chi connectivity index (χ2v) is 6.96. The van der Waals surface area contributed by atoms with Crippen LogP contribution < -0.4 is 15.4 Å². The van der Waals surface area contributed by atoms with Crippen molar-refractivity contribution in [2.24, 2.45) is 0 Å². The van der Waals surface area contributed by atoms with E-state index in [-0.39, 0.29) is 5.91 Å². The van der Waals surface area contributed by atoms with Crippen LogP contribution in [0, 0.1) is 0 Å². The van der Waals surface area contributed by atoms with Crippen LogP contribution in [0.4, 0.5) is 17.5 Å². The molecule has 0 bridgehead atoms. The molecule has 0 saturated carbocycles. The maximum Gasteiger partial charge on any atom is 0.257 e. The van der Waals surface area contributed by atoms with Crippen LogP contribution in [-0.2, 0) is 4.74 Å². The molecule has 1 aliphatic rings. The van der Waals surface area contributed by atoms with E-state index in [0.717, 1.165) is 4.47 Å². The van der Waals surface area contributed by atoms with Gasteiger partial charge in [-0.05, 0) is 22.0 Å². The van der Waals surface area contributed by atoms with Crippen LogP contribution in [0.3, 0.4) is 0 Å². The predicted molar refractivity (Wildman–Crippen MR) is 107 cm³/mol. The molecule has 1 aromatic carbocycles. The molecule has 1 amide bonds. The number of hydrogen-bond acceptors (Lipinski definition) is 7. The molecular weight excluding hydrogens is 438 g/mol. The summed E-state index contributed by atoms with van der Waals surface area (Å²) in [4.78, 5) is 23.1. The summed E-state index contributed by atoms with van der Waals surface area (Å²) < 4.78 is 11.5. The molecule has 0 aliphatic carbocycles. The van der Waals surface area contributed by atoms with Gasteiger partial charge in [0, 0.05) is 32.4 Å². The highest BCUT2D eigenvalue weighted by molar-refractivity contribution is 9.10. The van der Waals surface area contributed by atoms with Crippen LogP contribution in [0.15, 0.2) is 22.8 Å². The van der Waals surface area contributed by atoms with Crippen molar-refractivity contribution in [1.82, 2.24) is 14.9 Å². The number of rotatable bonds is 5.